The van der Waals surface area contributed by atoms with Crippen molar-refractivity contribution >= 4 is 22.4 Å². The van der Waals surface area contributed by atoms with Crippen molar-refractivity contribution in [3.05, 3.63) is 5.01 Å². The van der Waals surface area contributed by atoms with Gasteiger partial charge in [0.05, 0.1) is 12.0 Å². The van der Waals surface area contributed by atoms with Crippen LogP contribution in [0.15, 0.2) is 0 Å². The minimum Gasteiger partial charge on any atom is -0.466 e. The van der Waals surface area contributed by atoms with Gasteiger partial charge in [-0.3, -0.25) is 4.79 Å². The van der Waals surface area contributed by atoms with Gasteiger partial charge >= 0.3 is 5.97 Å². The van der Waals surface area contributed by atoms with Gasteiger partial charge < -0.3 is 10.1 Å². The molecule has 0 saturated heterocycles. The fourth-order valence-electron chi connectivity index (χ4n) is 2.57. The number of nitrogens with zero attached hydrogens (tertiary/aromatic N) is 2. The standard InChI is InChI=1S/C14H23N3O2S/c1-4-19-12(18)14(7-5-6-8-14)9-15-13-17-16-11(20-13)10(2)3/h10H,4-9H2,1-3H3,(H,15,17). The van der Waals surface area contributed by atoms with Crippen LogP contribution in [0.5, 0.6) is 0 Å². The quantitative estimate of drug-likeness (QED) is 0.817. The van der Waals surface area contributed by atoms with Crippen LogP contribution in [0, 0.1) is 5.41 Å². The van der Waals surface area contributed by atoms with Gasteiger partial charge in [-0.25, -0.2) is 0 Å². The Bertz CT molecular complexity index is 453. The summed E-state index contributed by atoms with van der Waals surface area (Å²) in [7, 11) is 0. The summed E-state index contributed by atoms with van der Waals surface area (Å²) >= 11 is 1.56. The van der Waals surface area contributed by atoms with Crippen LogP contribution in [-0.4, -0.2) is 29.3 Å². The van der Waals surface area contributed by atoms with Crippen molar-refractivity contribution in [3.8, 4) is 0 Å². The third kappa shape index (κ3) is 3.29. The number of anilines is 1. The first-order valence-corrected chi connectivity index (χ1v) is 8.13. The zero-order chi connectivity index (χ0) is 14.6. The smallest absolute Gasteiger partial charge is 0.313 e. The van der Waals surface area contributed by atoms with Gasteiger partial charge in [-0.1, -0.05) is 38.0 Å². The molecule has 1 N–H and O–H groups in total. The van der Waals surface area contributed by atoms with Crippen molar-refractivity contribution in [2.75, 3.05) is 18.5 Å². The van der Waals surface area contributed by atoms with Crippen molar-refractivity contribution < 1.29 is 9.53 Å². The van der Waals surface area contributed by atoms with Crippen LogP contribution in [0.1, 0.15) is 57.4 Å². The number of carbonyl (C=O) groups excluding carboxylic acids is 1. The van der Waals surface area contributed by atoms with Gasteiger partial charge in [-0.2, -0.15) is 0 Å². The number of hydrogen-bond acceptors (Lipinski definition) is 6. The Morgan fingerprint density at radius 3 is 2.65 bits per heavy atom. The fraction of sp³-hybridized carbons (Fsp3) is 0.786. The van der Waals surface area contributed by atoms with Crippen molar-refractivity contribution in [2.24, 2.45) is 5.41 Å². The third-order valence-corrected chi connectivity index (χ3v) is 4.96. The van der Waals surface area contributed by atoms with Crippen molar-refractivity contribution in [2.45, 2.75) is 52.4 Å². The molecule has 20 heavy (non-hydrogen) atoms. The molecule has 6 heteroatoms. The van der Waals surface area contributed by atoms with Crippen LogP contribution in [0.3, 0.4) is 0 Å². The van der Waals surface area contributed by atoms with Crippen LogP contribution in [0.25, 0.3) is 0 Å². The van der Waals surface area contributed by atoms with E-state index in [0.717, 1.165) is 35.8 Å². The van der Waals surface area contributed by atoms with Crippen LogP contribution >= 0.6 is 11.3 Å². The molecule has 1 heterocycles. The molecule has 0 amide bonds. The van der Waals surface area contributed by atoms with E-state index in [1.807, 2.05) is 6.92 Å². The van der Waals surface area contributed by atoms with Crippen LogP contribution in [0.4, 0.5) is 5.13 Å². The Morgan fingerprint density at radius 2 is 2.10 bits per heavy atom. The molecule has 0 aromatic carbocycles. The molecule has 1 saturated carbocycles. The maximum absolute atomic E-state index is 12.2. The van der Waals surface area contributed by atoms with Gasteiger partial charge in [0.15, 0.2) is 0 Å². The number of esters is 1. The summed E-state index contributed by atoms with van der Waals surface area (Å²) in [5, 5.41) is 13.4. The normalized spacial score (nSPS) is 17.4. The molecule has 0 spiro atoms. The minimum atomic E-state index is -0.375. The highest BCUT2D eigenvalue weighted by Gasteiger charge is 2.42. The lowest BCUT2D eigenvalue weighted by atomic mass is 9.86. The number of nitrogens with one attached hydrogen (secondary N) is 1. The van der Waals surface area contributed by atoms with Crippen LogP contribution in [-0.2, 0) is 9.53 Å². The molecule has 0 unspecified atom stereocenters. The summed E-state index contributed by atoms with van der Waals surface area (Å²) in [5.74, 6) is 0.312. The maximum Gasteiger partial charge on any atom is 0.313 e. The summed E-state index contributed by atoms with van der Waals surface area (Å²) in [6.45, 7) is 7.09. The average Bonchev–Trinajstić information content (AvgIpc) is 3.07. The lowest BCUT2D eigenvalue weighted by Gasteiger charge is -2.26. The molecular formula is C14H23N3O2S. The number of rotatable bonds is 6. The number of aromatic nitrogens is 2. The molecule has 0 bridgehead atoms. The van der Waals surface area contributed by atoms with Gasteiger partial charge in [0.2, 0.25) is 5.13 Å². The monoisotopic (exact) mass is 297 g/mol. The van der Waals surface area contributed by atoms with E-state index in [4.69, 9.17) is 4.74 Å². The molecule has 1 fully saturated rings. The zero-order valence-electron chi connectivity index (χ0n) is 12.4. The Kier molecular flexibility index (Phi) is 4.96. The molecule has 1 aliphatic rings. The molecule has 1 aliphatic carbocycles. The Labute approximate surface area is 124 Å². The number of ether oxygens (including phenoxy) is 1. The number of hydrogen-bond donors (Lipinski definition) is 1. The topological polar surface area (TPSA) is 64.1 Å². The van der Waals surface area contributed by atoms with Crippen molar-refractivity contribution in [1.29, 1.82) is 0 Å². The average molecular weight is 297 g/mol. The molecule has 0 atom stereocenters. The highest BCUT2D eigenvalue weighted by Crippen LogP contribution is 2.39. The second-order valence-electron chi connectivity index (χ2n) is 5.66. The first-order valence-electron chi connectivity index (χ1n) is 7.32. The lowest BCUT2D eigenvalue weighted by Crippen LogP contribution is -2.37. The van der Waals surface area contributed by atoms with Crippen LogP contribution < -0.4 is 5.32 Å². The first kappa shape index (κ1) is 15.2. The largest absolute Gasteiger partial charge is 0.466 e. The molecule has 5 nitrogen and oxygen atoms in total. The molecule has 1 aromatic rings. The SMILES string of the molecule is CCOC(=O)C1(CNc2nnc(C(C)C)s2)CCCC1. The molecule has 0 radical (unpaired) electrons. The highest BCUT2D eigenvalue weighted by atomic mass is 32.1. The third-order valence-electron chi connectivity index (χ3n) is 3.78. The molecule has 0 aliphatic heterocycles. The second kappa shape index (κ2) is 6.52. The van der Waals surface area contributed by atoms with E-state index in [1.165, 1.54) is 0 Å². The molecule has 1 aromatic heterocycles. The molecule has 112 valence electrons. The van der Waals surface area contributed by atoms with E-state index >= 15 is 0 Å². The summed E-state index contributed by atoms with van der Waals surface area (Å²) in [6, 6.07) is 0. The van der Waals surface area contributed by atoms with E-state index in [1.54, 1.807) is 11.3 Å². The van der Waals surface area contributed by atoms with Gasteiger partial charge in [-0.05, 0) is 19.8 Å². The van der Waals surface area contributed by atoms with E-state index in [9.17, 15) is 4.79 Å². The lowest BCUT2D eigenvalue weighted by molar-refractivity contribution is -0.154. The van der Waals surface area contributed by atoms with Crippen molar-refractivity contribution in [1.82, 2.24) is 10.2 Å². The summed E-state index contributed by atoms with van der Waals surface area (Å²) in [5.41, 5.74) is -0.375. The predicted octanol–water partition coefficient (Wildman–Crippen LogP) is 3.20. The Hall–Kier alpha value is -1.17. The van der Waals surface area contributed by atoms with Gasteiger partial charge in [-0.15, -0.1) is 10.2 Å². The van der Waals surface area contributed by atoms with Gasteiger partial charge in [0.25, 0.3) is 0 Å². The fourth-order valence-corrected chi connectivity index (χ4v) is 3.31. The highest BCUT2D eigenvalue weighted by molar-refractivity contribution is 7.15. The molecular weight excluding hydrogens is 274 g/mol. The molecule has 2 rings (SSSR count). The van der Waals surface area contributed by atoms with E-state index in [0.29, 0.717) is 19.1 Å². The predicted molar refractivity (Wildman–Crippen MR) is 80.0 cm³/mol. The van der Waals surface area contributed by atoms with Crippen LogP contribution in [0.2, 0.25) is 0 Å². The summed E-state index contributed by atoms with van der Waals surface area (Å²) in [6.07, 6.45) is 3.98. The Morgan fingerprint density at radius 1 is 1.40 bits per heavy atom. The van der Waals surface area contributed by atoms with E-state index in [2.05, 4.69) is 29.4 Å². The van der Waals surface area contributed by atoms with E-state index in [-0.39, 0.29) is 11.4 Å². The Balaban J connectivity index is 2.00. The van der Waals surface area contributed by atoms with Gasteiger partial charge in [0.1, 0.15) is 5.01 Å². The van der Waals surface area contributed by atoms with E-state index < -0.39 is 0 Å². The maximum atomic E-state index is 12.2. The number of carbonyl (C=O) groups is 1. The first-order chi connectivity index (χ1) is 9.57. The minimum absolute atomic E-state index is 0.0707. The summed E-state index contributed by atoms with van der Waals surface area (Å²) in [4.78, 5) is 12.2. The van der Waals surface area contributed by atoms with Crippen molar-refractivity contribution in [3.63, 3.8) is 0 Å². The zero-order valence-corrected chi connectivity index (χ0v) is 13.3. The second-order valence-corrected chi connectivity index (χ2v) is 6.67. The van der Waals surface area contributed by atoms with Gasteiger partial charge in [0, 0.05) is 12.5 Å². The summed E-state index contributed by atoms with van der Waals surface area (Å²) < 4.78 is 5.25.